The second kappa shape index (κ2) is 3.56. The quantitative estimate of drug-likeness (QED) is 0.580. The molecule has 0 spiro atoms. The summed E-state index contributed by atoms with van der Waals surface area (Å²) in [5.41, 5.74) is 4.15. The molecule has 0 aliphatic rings. The summed E-state index contributed by atoms with van der Waals surface area (Å²) >= 11 is 0. The minimum absolute atomic E-state index is 0.0345. The lowest BCUT2D eigenvalue weighted by Crippen LogP contribution is -2.12. The van der Waals surface area contributed by atoms with Gasteiger partial charge in [0.15, 0.2) is 5.78 Å². The summed E-state index contributed by atoms with van der Waals surface area (Å²) in [6, 6.07) is 2.25. The molecular weight excluding hydrogens is 207 g/mol. The summed E-state index contributed by atoms with van der Waals surface area (Å²) in [6.45, 7) is 2.56. The van der Waals surface area contributed by atoms with Crippen molar-refractivity contribution in [2.24, 2.45) is 0 Å². The van der Waals surface area contributed by atoms with E-state index in [0.717, 1.165) is 6.07 Å². The fourth-order valence-corrected chi connectivity index (χ4v) is 1.40. The molecule has 0 radical (unpaired) electrons. The zero-order valence-electron chi connectivity index (χ0n) is 8.27. The third-order valence-corrected chi connectivity index (χ3v) is 2.06. The fraction of sp³-hybridized carbons (Fsp3) is 0.300. The van der Waals surface area contributed by atoms with Gasteiger partial charge in [0, 0.05) is 11.3 Å². The Hall–Kier alpha value is -1.52. The average molecular weight is 217 g/mol. The number of anilines is 1. The van der Waals surface area contributed by atoms with E-state index in [4.69, 9.17) is 5.73 Å². The predicted molar refractivity (Wildman–Crippen MR) is 50.6 cm³/mol. The number of hydrogen-bond donors (Lipinski definition) is 1. The first-order valence-corrected chi connectivity index (χ1v) is 4.21. The highest BCUT2D eigenvalue weighted by atomic mass is 19.4. The van der Waals surface area contributed by atoms with Crippen LogP contribution in [0.15, 0.2) is 12.1 Å². The number of halogens is 3. The molecule has 0 saturated carbocycles. The predicted octanol–water partition coefficient (Wildman–Crippen LogP) is 2.80. The lowest BCUT2D eigenvalue weighted by molar-refractivity contribution is -0.137. The van der Waals surface area contributed by atoms with Crippen LogP contribution < -0.4 is 5.73 Å². The average Bonchev–Trinajstić information content (AvgIpc) is 1.99. The van der Waals surface area contributed by atoms with Gasteiger partial charge in [-0.1, -0.05) is 0 Å². The van der Waals surface area contributed by atoms with E-state index in [1.807, 2.05) is 0 Å². The minimum Gasteiger partial charge on any atom is -0.398 e. The summed E-state index contributed by atoms with van der Waals surface area (Å²) in [4.78, 5) is 11.0. The highest BCUT2D eigenvalue weighted by Gasteiger charge is 2.35. The number of carbonyl (C=O) groups is 1. The van der Waals surface area contributed by atoms with E-state index in [-0.39, 0.29) is 16.9 Å². The zero-order chi connectivity index (χ0) is 11.8. The molecule has 15 heavy (non-hydrogen) atoms. The van der Waals surface area contributed by atoms with E-state index in [2.05, 4.69) is 0 Å². The van der Waals surface area contributed by atoms with E-state index < -0.39 is 17.4 Å². The van der Waals surface area contributed by atoms with Gasteiger partial charge < -0.3 is 5.73 Å². The number of benzene rings is 1. The van der Waals surface area contributed by atoms with Crippen LogP contribution in [0.3, 0.4) is 0 Å². The van der Waals surface area contributed by atoms with E-state index >= 15 is 0 Å². The number of nitrogens with two attached hydrogens (primary N) is 1. The van der Waals surface area contributed by atoms with Crippen LogP contribution >= 0.6 is 0 Å². The van der Waals surface area contributed by atoms with Crippen LogP contribution in [0.2, 0.25) is 0 Å². The first-order chi connectivity index (χ1) is 6.73. The summed E-state index contributed by atoms with van der Waals surface area (Å²) < 4.78 is 37.4. The number of hydrogen-bond acceptors (Lipinski definition) is 2. The van der Waals surface area contributed by atoms with Crippen LogP contribution in [0, 0.1) is 6.92 Å². The number of aryl methyl sites for hydroxylation is 1. The molecule has 0 aromatic heterocycles. The summed E-state index contributed by atoms with van der Waals surface area (Å²) in [5.74, 6) is -0.307. The molecule has 2 nitrogen and oxygen atoms in total. The van der Waals surface area contributed by atoms with Gasteiger partial charge >= 0.3 is 6.18 Å². The van der Waals surface area contributed by atoms with Crippen molar-refractivity contribution in [1.82, 2.24) is 0 Å². The molecule has 0 saturated heterocycles. The van der Waals surface area contributed by atoms with Crippen LogP contribution in [0.4, 0.5) is 18.9 Å². The first-order valence-electron chi connectivity index (χ1n) is 4.21. The van der Waals surface area contributed by atoms with E-state index in [0.29, 0.717) is 0 Å². The van der Waals surface area contributed by atoms with Crippen LogP contribution in [0.5, 0.6) is 0 Å². The number of Topliss-reactive ketones (excluding diaryl/α,β-unsaturated/α-hetero) is 1. The Labute approximate surface area is 84.9 Å². The third-order valence-electron chi connectivity index (χ3n) is 2.06. The second-order valence-corrected chi connectivity index (χ2v) is 3.31. The van der Waals surface area contributed by atoms with Crippen molar-refractivity contribution in [2.45, 2.75) is 20.0 Å². The van der Waals surface area contributed by atoms with Crippen molar-refractivity contribution in [1.29, 1.82) is 0 Å². The van der Waals surface area contributed by atoms with Crippen molar-refractivity contribution in [3.63, 3.8) is 0 Å². The van der Waals surface area contributed by atoms with Gasteiger partial charge in [0.05, 0.1) is 5.56 Å². The third kappa shape index (κ3) is 2.29. The molecule has 0 aliphatic carbocycles. The maximum absolute atomic E-state index is 12.5. The minimum atomic E-state index is -4.48. The number of ketones is 1. The van der Waals surface area contributed by atoms with Crippen LogP contribution in [-0.4, -0.2) is 5.78 Å². The van der Waals surface area contributed by atoms with E-state index in [1.54, 1.807) is 0 Å². The number of nitrogen functional groups attached to an aromatic ring is 1. The standard InChI is InChI=1S/C10H10F3NO/c1-5-3-7(6(2)15)4-8(14)9(5)10(11,12)13/h3-4H,14H2,1-2H3. The Kier molecular flexibility index (Phi) is 2.75. The maximum atomic E-state index is 12.5. The van der Waals surface area contributed by atoms with Gasteiger partial charge in [-0.3, -0.25) is 4.79 Å². The van der Waals surface area contributed by atoms with Gasteiger partial charge in [-0.2, -0.15) is 13.2 Å². The number of carbonyl (C=O) groups excluding carboxylic acids is 1. The molecule has 0 heterocycles. The molecule has 0 fully saturated rings. The van der Waals surface area contributed by atoms with Crippen molar-refractivity contribution in [3.05, 3.63) is 28.8 Å². The Morgan fingerprint density at radius 1 is 1.33 bits per heavy atom. The molecular formula is C10H10F3NO. The summed E-state index contributed by atoms with van der Waals surface area (Å²) in [7, 11) is 0. The van der Waals surface area contributed by atoms with E-state index in [1.165, 1.54) is 19.9 Å². The SMILES string of the molecule is CC(=O)c1cc(C)c(C(F)(F)F)c(N)c1. The van der Waals surface area contributed by atoms with Crippen LogP contribution in [0.1, 0.15) is 28.4 Å². The fourth-order valence-electron chi connectivity index (χ4n) is 1.40. The molecule has 0 bridgehead atoms. The number of alkyl halides is 3. The van der Waals surface area contributed by atoms with Crippen molar-refractivity contribution >= 4 is 11.5 Å². The van der Waals surface area contributed by atoms with Gasteiger partial charge in [0.1, 0.15) is 0 Å². The Morgan fingerprint density at radius 2 is 1.87 bits per heavy atom. The van der Waals surface area contributed by atoms with Crippen molar-refractivity contribution < 1.29 is 18.0 Å². The lowest BCUT2D eigenvalue weighted by Gasteiger charge is -2.13. The van der Waals surface area contributed by atoms with Gasteiger partial charge in [-0.05, 0) is 31.5 Å². The molecule has 5 heteroatoms. The monoisotopic (exact) mass is 217 g/mol. The van der Waals surface area contributed by atoms with Gasteiger partial charge in [0.2, 0.25) is 0 Å². The van der Waals surface area contributed by atoms with Crippen molar-refractivity contribution in [2.75, 3.05) is 5.73 Å². The Balaban J connectivity index is 3.41. The zero-order valence-corrected chi connectivity index (χ0v) is 8.27. The highest BCUT2D eigenvalue weighted by molar-refractivity contribution is 5.95. The molecule has 0 aliphatic heterocycles. The number of rotatable bonds is 1. The molecule has 0 unspecified atom stereocenters. The van der Waals surface area contributed by atoms with Gasteiger partial charge in [-0.25, -0.2) is 0 Å². The molecule has 1 rings (SSSR count). The Morgan fingerprint density at radius 3 is 2.20 bits per heavy atom. The molecule has 0 atom stereocenters. The Bertz CT molecular complexity index is 387. The van der Waals surface area contributed by atoms with Gasteiger partial charge in [0.25, 0.3) is 0 Å². The summed E-state index contributed by atoms with van der Waals surface area (Å²) in [5, 5.41) is 0. The molecule has 82 valence electrons. The lowest BCUT2D eigenvalue weighted by atomic mass is 10.0. The smallest absolute Gasteiger partial charge is 0.398 e. The molecule has 2 N–H and O–H groups in total. The molecule has 1 aromatic carbocycles. The highest BCUT2D eigenvalue weighted by Crippen LogP contribution is 2.36. The normalized spacial score (nSPS) is 11.5. The van der Waals surface area contributed by atoms with Crippen LogP contribution in [0.25, 0.3) is 0 Å². The molecule has 1 aromatic rings. The maximum Gasteiger partial charge on any atom is 0.418 e. The summed E-state index contributed by atoms with van der Waals surface area (Å²) in [6.07, 6.45) is -4.48. The topological polar surface area (TPSA) is 43.1 Å². The van der Waals surface area contributed by atoms with Crippen LogP contribution in [-0.2, 0) is 6.18 Å². The van der Waals surface area contributed by atoms with Gasteiger partial charge in [-0.15, -0.1) is 0 Å². The second-order valence-electron chi connectivity index (χ2n) is 3.31. The van der Waals surface area contributed by atoms with Crippen molar-refractivity contribution in [3.8, 4) is 0 Å². The van der Waals surface area contributed by atoms with E-state index in [9.17, 15) is 18.0 Å². The molecule has 0 amide bonds. The first kappa shape index (κ1) is 11.6. The largest absolute Gasteiger partial charge is 0.418 e.